The maximum absolute atomic E-state index is 12.2. The van der Waals surface area contributed by atoms with Gasteiger partial charge in [-0.05, 0) is 17.7 Å². The Morgan fingerprint density at radius 3 is 2.54 bits per heavy atom. The van der Waals surface area contributed by atoms with Gasteiger partial charge < -0.3 is 15.2 Å². The first kappa shape index (κ1) is 16.8. The molecule has 2 N–H and O–H groups in total. The lowest BCUT2D eigenvalue weighted by molar-refractivity contribution is 0.0696. The zero-order valence-corrected chi connectivity index (χ0v) is 15.1. The van der Waals surface area contributed by atoms with Crippen LogP contribution in [0.4, 0.5) is 0 Å². The minimum atomic E-state index is -1.06. The van der Waals surface area contributed by atoms with E-state index in [1.165, 1.54) is 13.1 Å². The van der Waals surface area contributed by atoms with Crippen LogP contribution in [0.3, 0.4) is 0 Å². The predicted molar refractivity (Wildman–Crippen MR) is 98.4 cm³/mol. The van der Waals surface area contributed by atoms with Crippen LogP contribution in [0.15, 0.2) is 42.5 Å². The molecule has 0 saturated carbocycles. The van der Waals surface area contributed by atoms with Gasteiger partial charge in [-0.1, -0.05) is 52.9 Å². The lowest BCUT2D eigenvalue weighted by Gasteiger charge is -2.17. The van der Waals surface area contributed by atoms with E-state index < -0.39 is 5.97 Å². The molecule has 1 heterocycles. The number of fused-ring (bicyclic) bond motifs is 1. The number of alkyl halides is 1. The summed E-state index contributed by atoms with van der Waals surface area (Å²) in [6.45, 7) is 0. The Morgan fingerprint density at radius 2 is 1.96 bits per heavy atom. The number of hydrogen-bond donors (Lipinski definition) is 2. The fourth-order valence-corrected chi connectivity index (χ4v) is 3.72. The van der Waals surface area contributed by atoms with Crippen LogP contribution in [0.2, 0.25) is 0 Å². The van der Waals surface area contributed by atoms with Crippen LogP contribution in [0.25, 0.3) is 0 Å². The van der Waals surface area contributed by atoms with Gasteiger partial charge in [0.2, 0.25) is 0 Å². The summed E-state index contributed by atoms with van der Waals surface area (Å²) in [6, 6.07) is 12.8. The number of hydrogen-bond acceptors (Lipinski definition) is 3. The highest BCUT2D eigenvalue weighted by Gasteiger charge is 2.38. The second-order valence-electron chi connectivity index (χ2n) is 5.53. The smallest absolute Gasteiger partial charge is 0.335 e. The minimum Gasteiger partial charge on any atom is -0.487 e. The van der Waals surface area contributed by atoms with Gasteiger partial charge in [0, 0.05) is 17.0 Å². The summed E-state index contributed by atoms with van der Waals surface area (Å²) >= 11 is 2.25. The molecule has 0 aliphatic carbocycles. The highest BCUT2D eigenvalue weighted by molar-refractivity contribution is 14.1. The van der Waals surface area contributed by atoms with Crippen molar-refractivity contribution in [3.8, 4) is 5.75 Å². The number of carbonyl (C=O) groups is 2. The van der Waals surface area contributed by atoms with Crippen molar-refractivity contribution in [3.05, 3.63) is 64.7 Å². The number of rotatable bonds is 4. The zero-order valence-electron chi connectivity index (χ0n) is 13.0. The highest BCUT2D eigenvalue weighted by Crippen LogP contribution is 2.45. The van der Waals surface area contributed by atoms with Crippen LogP contribution in [0, 0.1) is 0 Å². The van der Waals surface area contributed by atoms with Crippen molar-refractivity contribution in [2.75, 3.05) is 11.5 Å². The van der Waals surface area contributed by atoms with E-state index in [1.807, 2.05) is 30.3 Å². The van der Waals surface area contributed by atoms with Gasteiger partial charge in [0.05, 0.1) is 17.0 Å². The van der Waals surface area contributed by atoms with Gasteiger partial charge in [-0.25, -0.2) is 4.79 Å². The van der Waals surface area contributed by atoms with Crippen LogP contribution in [-0.4, -0.2) is 34.6 Å². The van der Waals surface area contributed by atoms with Crippen molar-refractivity contribution in [3.63, 3.8) is 0 Å². The number of carboxylic acid groups (broad SMARTS) is 1. The molecule has 5 nitrogen and oxygen atoms in total. The summed E-state index contributed by atoms with van der Waals surface area (Å²) in [5.41, 5.74) is 2.15. The first-order chi connectivity index (χ1) is 11.6. The van der Waals surface area contributed by atoms with E-state index in [4.69, 9.17) is 4.74 Å². The molecule has 6 heteroatoms. The molecule has 0 spiro atoms. The Bertz CT molecular complexity index is 791. The van der Waals surface area contributed by atoms with Gasteiger partial charge in [0.25, 0.3) is 5.91 Å². The number of carbonyl (C=O) groups excluding carboxylic acids is 1. The molecule has 0 aromatic heterocycles. The van der Waals surface area contributed by atoms with E-state index >= 15 is 0 Å². The molecule has 0 unspecified atom stereocenters. The van der Waals surface area contributed by atoms with Crippen LogP contribution in [0.5, 0.6) is 5.75 Å². The molecule has 24 heavy (non-hydrogen) atoms. The van der Waals surface area contributed by atoms with Crippen LogP contribution >= 0.6 is 22.6 Å². The molecule has 0 fully saturated rings. The van der Waals surface area contributed by atoms with Crippen LogP contribution in [-0.2, 0) is 0 Å². The third-order valence-electron chi connectivity index (χ3n) is 4.12. The van der Waals surface area contributed by atoms with Crippen molar-refractivity contribution in [2.45, 2.75) is 12.0 Å². The topological polar surface area (TPSA) is 75.6 Å². The summed E-state index contributed by atoms with van der Waals surface area (Å²) < 4.78 is 6.77. The molecular weight excluding hydrogens is 421 g/mol. The van der Waals surface area contributed by atoms with Gasteiger partial charge in [0.15, 0.2) is 0 Å². The summed E-state index contributed by atoms with van der Waals surface area (Å²) in [6.07, 6.45) is -0.143. The Balaban J connectivity index is 2.22. The Kier molecular flexibility index (Phi) is 4.75. The Morgan fingerprint density at radius 1 is 1.25 bits per heavy atom. The van der Waals surface area contributed by atoms with Crippen LogP contribution < -0.4 is 10.1 Å². The summed E-state index contributed by atoms with van der Waals surface area (Å²) in [5, 5.41) is 12.0. The van der Waals surface area contributed by atoms with Crippen molar-refractivity contribution in [1.82, 2.24) is 5.32 Å². The van der Waals surface area contributed by atoms with Gasteiger partial charge in [-0.3, -0.25) is 4.79 Å². The average molecular weight is 437 g/mol. The van der Waals surface area contributed by atoms with Crippen LogP contribution in [0.1, 0.15) is 37.8 Å². The maximum atomic E-state index is 12.2. The lowest BCUT2D eigenvalue weighted by Crippen LogP contribution is -2.22. The number of halogens is 1. The van der Waals surface area contributed by atoms with Crippen molar-refractivity contribution < 1.29 is 19.4 Å². The molecular formula is C18H16INO4. The number of amides is 1. The lowest BCUT2D eigenvalue weighted by atomic mass is 9.87. The molecule has 2 aromatic rings. The largest absolute Gasteiger partial charge is 0.487 e. The van der Waals surface area contributed by atoms with Crippen molar-refractivity contribution in [1.29, 1.82) is 0 Å². The van der Waals surface area contributed by atoms with E-state index in [0.717, 1.165) is 15.6 Å². The quantitative estimate of drug-likeness (QED) is 0.570. The monoisotopic (exact) mass is 437 g/mol. The normalized spacial score (nSPS) is 18.6. The highest BCUT2D eigenvalue weighted by atomic mass is 127. The van der Waals surface area contributed by atoms with E-state index in [2.05, 4.69) is 27.9 Å². The fourth-order valence-electron chi connectivity index (χ4n) is 3.04. The second kappa shape index (κ2) is 6.80. The standard InChI is InChI=1S/C18H16INO4/c1-20-17(21)13-8-11(18(22)23)7-12-15(10-5-3-2-4-6-10)14(9-19)24-16(12)13/h2-8,14-15H,9H2,1H3,(H,20,21)(H,22,23)/t14-,15+/m1/s1. The van der Waals surface area contributed by atoms with Gasteiger partial charge >= 0.3 is 5.97 Å². The molecule has 1 aliphatic heterocycles. The summed E-state index contributed by atoms with van der Waals surface area (Å²) in [4.78, 5) is 23.7. The van der Waals surface area contributed by atoms with Crippen molar-refractivity contribution in [2.24, 2.45) is 0 Å². The summed E-state index contributed by atoms with van der Waals surface area (Å²) in [7, 11) is 1.52. The van der Waals surface area contributed by atoms with Gasteiger partial charge in [0.1, 0.15) is 11.9 Å². The fraction of sp³-hybridized carbons (Fsp3) is 0.222. The van der Waals surface area contributed by atoms with E-state index in [0.29, 0.717) is 5.75 Å². The first-order valence-corrected chi connectivity index (χ1v) is 9.00. The molecule has 124 valence electrons. The second-order valence-corrected chi connectivity index (χ2v) is 6.41. The number of ether oxygens (including phenoxy) is 1. The van der Waals surface area contributed by atoms with Crippen molar-refractivity contribution >= 4 is 34.5 Å². The SMILES string of the molecule is CNC(=O)c1cc(C(=O)O)cc2c1O[C@H](CI)[C@H]2c1ccccc1. The maximum Gasteiger partial charge on any atom is 0.335 e. The molecule has 2 aromatic carbocycles. The minimum absolute atomic E-state index is 0.0889. The average Bonchev–Trinajstić information content (AvgIpc) is 2.99. The van der Waals surface area contributed by atoms with E-state index in [1.54, 1.807) is 6.07 Å². The third kappa shape index (κ3) is 2.86. The number of benzene rings is 2. The third-order valence-corrected chi connectivity index (χ3v) is 4.99. The molecule has 0 radical (unpaired) electrons. The number of aromatic carboxylic acids is 1. The van der Waals surface area contributed by atoms with E-state index in [9.17, 15) is 14.7 Å². The Hall–Kier alpha value is -2.09. The molecule has 0 bridgehead atoms. The molecule has 2 atom stereocenters. The van der Waals surface area contributed by atoms with E-state index in [-0.39, 0.29) is 29.1 Å². The predicted octanol–water partition coefficient (Wildman–Crippen LogP) is 3.07. The molecule has 1 amide bonds. The molecule has 0 saturated heterocycles. The Labute approximate surface area is 153 Å². The molecule has 1 aliphatic rings. The first-order valence-electron chi connectivity index (χ1n) is 7.47. The molecule has 3 rings (SSSR count). The number of nitrogens with one attached hydrogen (secondary N) is 1. The zero-order chi connectivity index (χ0) is 17.3. The van der Waals surface area contributed by atoms with Gasteiger partial charge in [-0.15, -0.1) is 0 Å². The number of carboxylic acids is 1. The van der Waals surface area contributed by atoms with Gasteiger partial charge in [-0.2, -0.15) is 0 Å². The summed E-state index contributed by atoms with van der Waals surface area (Å²) in [5.74, 6) is -1.03.